The van der Waals surface area contributed by atoms with E-state index in [4.69, 9.17) is 21.4 Å². The summed E-state index contributed by atoms with van der Waals surface area (Å²) in [6.07, 6.45) is 9.29. The summed E-state index contributed by atoms with van der Waals surface area (Å²) in [4.78, 5) is 21.6. The van der Waals surface area contributed by atoms with Gasteiger partial charge in [-0.1, -0.05) is 5.92 Å². The van der Waals surface area contributed by atoms with E-state index in [1.54, 1.807) is 0 Å². The van der Waals surface area contributed by atoms with E-state index >= 15 is 0 Å². The van der Waals surface area contributed by atoms with Gasteiger partial charge in [0.25, 0.3) is 0 Å². The van der Waals surface area contributed by atoms with Gasteiger partial charge in [-0.3, -0.25) is 0 Å². The van der Waals surface area contributed by atoms with Crippen LogP contribution in [0.2, 0.25) is 0 Å². The number of terminal acetylenes is 1. The second-order valence-electron chi connectivity index (χ2n) is 4.70. The normalized spacial score (nSPS) is 27.4. The predicted molar refractivity (Wildman–Crippen MR) is 72.1 cm³/mol. The molecule has 110 valence electrons. The number of hydrogen-bond donors (Lipinski definition) is 2. The SMILES string of the molecule is C#CCO[C@H]1CN2CCC1CC2.O=C(O)/C=C/C(=O)O. The minimum Gasteiger partial charge on any atom is -0.478 e. The monoisotopic (exact) mass is 281 g/mol. The molecule has 0 unspecified atom stereocenters. The van der Waals surface area contributed by atoms with Gasteiger partial charge in [0, 0.05) is 18.7 Å². The third-order valence-electron chi connectivity index (χ3n) is 3.35. The maximum absolute atomic E-state index is 9.55. The van der Waals surface area contributed by atoms with Gasteiger partial charge >= 0.3 is 11.9 Å². The van der Waals surface area contributed by atoms with E-state index in [0.29, 0.717) is 24.9 Å². The van der Waals surface area contributed by atoms with Crippen molar-refractivity contribution in [3.63, 3.8) is 0 Å². The van der Waals surface area contributed by atoms with Crippen molar-refractivity contribution in [2.45, 2.75) is 18.9 Å². The molecule has 2 N–H and O–H groups in total. The Morgan fingerprint density at radius 3 is 2.15 bits per heavy atom. The molecule has 0 spiro atoms. The van der Waals surface area contributed by atoms with Crippen molar-refractivity contribution in [3.05, 3.63) is 12.2 Å². The van der Waals surface area contributed by atoms with E-state index in [2.05, 4.69) is 10.8 Å². The van der Waals surface area contributed by atoms with Gasteiger partial charge in [0.2, 0.25) is 0 Å². The highest BCUT2D eigenvalue weighted by atomic mass is 16.5. The van der Waals surface area contributed by atoms with Crippen LogP contribution in [0, 0.1) is 18.3 Å². The van der Waals surface area contributed by atoms with Crippen LogP contribution >= 0.6 is 0 Å². The Labute approximate surface area is 118 Å². The van der Waals surface area contributed by atoms with Gasteiger partial charge in [-0.25, -0.2) is 9.59 Å². The smallest absolute Gasteiger partial charge is 0.328 e. The van der Waals surface area contributed by atoms with E-state index < -0.39 is 11.9 Å². The van der Waals surface area contributed by atoms with Gasteiger partial charge in [-0.2, -0.15) is 0 Å². The quantitative estimate of drug-likeness (QED) is 0.574. The highest BCUT2D eigenvalue weighted by Crippen LogP contribution is 2.29. The molecule has 0 aromatic rings. The Hall–Kier alpha value is -1.84. The zero-order chi connectivity index (χ0) is 15.0. The number of carboxylic acids is 2. The summed E-state index contributed by atoms with van der Waals surface area (Å²) in [6, 6.07) is 0. The fraction of sp³-hybridized carbons (Fsp3) is 0.571. The Morgan fingerprint density at radius 1 is 1.25 bits per heavy atom. The average molecular weight is 281 g/mol. The van der Waals surface area contributed by atoms with Gasteiger partial charge in [0.05, 0.1) is 6.10 Å². The number of hydrogen-bond acceptors (Lipinski definition) is 4. The number of ether oxygens (including phenoxy) is 1. The van der Waals surface area contributed by atoms with E-state index in [1.165, 1.54) is 25.9 Å². The molecule has 0 amide bonds. The first-order valence-corrected chi connectivity index (χ1v) is 6.44. The Kier molecular flexibility index (Phi) is 6.77. The number of carbonyl (C=O) groups is 2. The average Bonchev–Trinajstić information content (AvgIpc) is 2.45. The molecule has 3 rings (SSSR count). The zero-order valence-corrected chi connectivity index (χ0v) is 11.2. The van der Waals surface area contributed by atoms with Crippen LogP contribution in [0.5, 0.6) is 0 Å². The second-order valence-corrected chi connectivity index (χ2v) is 4.70. The molecule has 2 bridgehead atoms. The lowest BCUT2D eigenvalue weighted by Crippen LogP contribution is -2.51. The van der Waals surface area contributed by atoms with E-state index in [1.807, 2.05) is 0 Å². The highest BCUT2D eigenvalue weighted by molar-refractivity contribution is 5.89. The van der Waals surface area contributed by atoms with Gasteiger partial charge in [-0.05, 0) is 31.8 Å². The van der Waals surface area contributed by atoms with Crippen LogP contribution < -0.4 is 0 Å². The Bertz CT molecular complexity index is 388. The molecule has 0 aromatic heterocycles. The molecular weight excluding hydrogens is 262 g/mol. The van der Waals surface area contributed by atoms with Gasteiger partial charge in [-0.15, -0.1) is 6.42 Å². The first-order valence-electron chi connectivity index (χ1n) is 6.44. The summed E-state index contributed by atoms with van der Waals surface area (Å²) in [5.74, 6) is 0.801. The number of carboxylic acid groups (broad SMARTS) is 2. The van der Waals surface area contributed by atoms with E-state index in [9.17, 15) is 9.59 Å². The topological polar surface area (TPSA) is 87.1 Å². The molecule has 3 heterocycles. The number of piperidine rings is 3. The van der Waals surface area contributed by atoms with Crippen molar-refractivity contribution in [2.75, 3.05) is 26.2 Å². The summed E-state index contributed by atoms with van der Waals surface area (Å²) in [5, 5.41) is 15.6. The molecule has 20 heavy (non-hydrogen) atoms. The fourth-order valence-corrected chi connectivity index (χ4v) is 2.40. The van der Waals surface area contributed by atoms with Crippen molar-refractivity contribution in [2.24, 2.45) is 5.92 Å². The highest BCUT2D eigenvalue weighted by Gasteiger charge is 2.34. The van der Waals surface area contributed by atoms with E-state index in [0.717, 1.165) is 12.5 Å². The summed E-state index contributed by atoms with van der Waals surface area (Å²) in [7, 11) is 0. The molecule has 6 nitrogen and oxygen atoms in total. The lowest BCUT2D eigenvalue weighted by atomic mass is 9.86. The van der Waals surface area contributed by atoms with Crippen molar-refractivity contribution in [1.82, 2.24) is 4.90 Å². The van der Waals surface area contributed by atoms with Crippen LogP contribution in [-0.2, 0) is 14.3 Å². The summed E-state index contributed by atoms with van der Waals surface area (Å²) < 4.78 is 5.59. The van der Waals surface area contributed by atoms with Crippen LogP contribution in [0.25, 0.3) is 0 Å². The van der Waals surface area contributed by atoms with Crippen LogP contribution in [-0.4, -0.2) is 59.4 Å². The molecule has 1 atom stereocenters. The van der Waals surface area contributed by atoms with Crippen molar-refractivity contribution in [3.8, 4) is 12.3 Å². The van der Waals surface area contributed by atoms with Gasteiger partial charge in [0.15, 0.2) is 0 Å². The standard InChI is InChI=1S/C10H15NO.C4H4O4/c1-2-7-12-10-8-11-5-3-9(10)4-6-11;5-3(6)1-2-4(7)8/h1,9-10H,3-8H2;1-2H,(H,5,6)(H,7,8)/b;2-1+/t10-;/m0./s1. The molecule has 0 aliphatic carbocycles. The first-order chi connectivity index (χ1) is 9.52. The van der Waals surface area contributed by atoms with Crippen LogP contribution in [0.1, 0.15) is 12.8 Å². The molecule has 0 aromatic carbocycles. The lowest BCUT2D eigenvalue weighted by molar-refractivity contribution is -0.134. The molecule has 0 saturated carbocycles. The third-order valence-corrected chi connectivity index (χ3v) is 3.35. The first kappa shape index (κ1) is 16.2. The van der Waals surface area contributed by atoms with Crippen molar-refractivity contribution < 1.29 is 24.5 Å². The van der Waals surface area contributed by atoms with Crippen LogP contribution in [0.15, 0.2) is 12.2 Å². The third kappa shape index (κ3) is 5.87. The maximum atomic E-state index is 9.55. The largest absolute Gasteiger partial charge is 0.478 e. The van der Waals surface area contributed by atoms with Crippen molar-refractivity contribution in [1.29, 1.82) is 0 Å². The summed E-state index contributed by atoms with van der Waals surface area (Å²) in [6.45, 7) is 4.11. The second kappa shape index (κ2) is 8.35. The number of nitrogens with zero attached hydrogens (tertiary/aromatic N) is 1. The number of aliphatic carboxylic acids is 2. The fourth-order valence-electron chi connectivity index (χ4n) is 2.40. The lowest BCUT2D eigenvalue weighted by Gasteiger charge is -2.44. The van der Waals surface area contributed by atoms with Crippen molar-refractivity contribution >= 4 is 11.9 Å². The van der Waals surface area contributed by atoms with Gasteiger partial charge < -0.3 is 19.8 Å². The van der Waals surface area contributed by atoms with Crippen LogP contribution in [0.3, 0.4) is 0 Å². The maximum Gasteiger partial charge on any atom is 0.328 e. The molecular formula is C14H19NO5. The van der Waals surface area contributed by atoms with Crippen LogP contribution in [0.4, 0.5) is 0 Å². The Morgan fingerprint density at radius 2 is 1.80 bits per heavy atom. The predicted octanol–water partition coefficient (Wildman–Crippen LogP) is 0.442. The Balaban J connectivity index is 0.000000221. The molecule has 3 fully saturated rings. The molecule has 3 aliphatic heterocycles. The molecule has 3 saturated heterocycles. The number of fused-ring (bicyclic) bond motifs is 3. The van der Waals surface area contributed by atoms with E-state index in [-0.39, 0.29) is 0 Å². The summed E-state index contributed by atoms with van der Waals surface area (Å²) >= 11 is 0. The minimum absolute atomic E-state index is 0.420. The minimum atomic E-state index is -1.26. The zero-order valence-electron chi connectivity index (χ0n) is 11.2. The number of rotatable bonds is 4. The molecule has 0 radical (unpaired) electrons. The molecule has 6 heteroatoms. The van der Waals surface area contributed by atoms with Gasteiger partial charge in [0.1, 0.15) is 6.61 Å². The molecule has 3 aliphatic rings. The summed E-state index contributed by atoms with van der Waals surface area (Å²) in [5.41, 5.74) is 0.